The summed E-state index contributed by atoms with van der Waals surface area (Å²) < 4.78 is 7.32. The van der Waals surface area contributed by atoms with Crippen LogP contribution >= 0.6 is 0 Å². The zero-order chi connectivity index (χ0) is 17.6. The van der Waals surface area contributed by atoms with E-state index in [0.29, 0.717) is 5.69 Å². The number of rotatable bonds is 2. The Kier molecular flexibility index (Phi) is 4.11. The molecule has 2 aliphatic heterocycles. The second-order valence-electron chi connectivity index (χ2n) is 7.23. The Morgan fingerprint density at radius 3 is 2.84 bits per heavy atom. The van der Waals surface area contributed by atoms with Crippen LogP contribution in [0.3, 0.4) is 0 Å². The topological polar surface area (TPSA) is 67.4 Å². The Bertz CT molecular complexity index is 774. The van der Waals surface area contributed by atoms with Gasteiger partial charge < -0.3 is 14.3 Å². The number of carbonyl (C=O) groups is 1. The first-order valence-corrected chi connectivity index (χ1v) is 9.03. The molecule has 2 aromatic rings. The van der Waals surface area contributed by atoms with Crippen molar-refractivity contribution in [1.29, 1.82) is 0 Å². The Balaban J connectivity index is 1.61. The summed E-state index contributed by atoms with van der Waals surface area (Å²) in [5.41, 5.74) is 3.62. The van der Waals surface area contributed by atoms with E-state index in [1.807, 2.05) is 29.5 Å². The number of hydrogen-bond acceptors (Lipinski definition) is 5. The van der Waals surface area contributed by atoms with Gasteiger partial charge in [0.05, 0.1) is 17.4 Å². The fourth-order valence-electron chi connectivity index (χ4n) is 4.15. The van der Waals surface area contributed by atoms with Crippen LogP contribution in [-0.2, 0) is 13.1 Å². The summed E-state index contributed by atoms with van der Waals surface area (Å²) in [4.78, 5) is 17.4. The van der Waals surface area contributed by atoms with Gasteiger partial charge in [-0.25, -0.2) is 0 Å². The minimum atomic E-state index is 0.0192. The van der Waals surface area contributed by atoms with Crippen LogP contribution in [-0.4, -0.2) is 50.8 Å². The van der Waals surface area contributed by atoms with Crippen molar-refractivity contribution in [3.8, 4) is 0 Å². The summed E-state index contributed by atoms with van der Waals surface area (Å²) in [7, 11) is 2.11. The molecule has 4 rings (SSSR count). The first kappa shape index (κ1) is 16.3. The molecule has 2 aliphatic rings. The van der Waals surface area contributed by atoms with E-state index >= 15 is 0 Å². The molecule has 4 heterocycles. The van der Waals surface area contributed by atoms with E-state index in [1.54, 1.807) is 0 Å². The molecule has 0 aliphatic carbocycles. The van der Waals surface area contributed by atoms with E-state index in [-0.39, 0.29) is 11.9 Å². The highest BCUT2D eigenvalue weighted by molar-refractivity contribution is 5.93. The number of hydrogen-bond donors (Lipinski definition) is 0. The van der Waals surface area contributed by atoms with E-state index in [9.17, 15) is 4.79 Å². The van der Waals surface area contributed by atoms with Gasteiger partial charge in [0.15, 0.2) is 5.69 Å². The third kappa shape index (κ3) is 2.86. The first-order valence-electron chi connectivity index (χ1n) is 9.03. The summed E-state index contributed by atoms with van der Waals surface area (Å²) in [5, 5.41) is 8.67. The molecule has 1 fully saturated rings. The molecule has 1 unspecified atom stereocenters. The van der Waals surface area contributed by atoms with Gasteiger partial charge in [-0.05, 0) is 46.2 Å². The predicted octanol–water partition coefficient (Wildman–Crippen LogP) is 2.30. The third-order valence-electron chi connectivity index (χ3n) is 5.36. The second kappa shape index (κ2) is 6.29. The lowest BCUT2D eigenvalue weighted by molar-refractivity contribution is 0.0727. The lowest BCUT2D eigenvalue weighted by atomic mass is 10.0. The molecule has 0 aromatic carbocycles. The molecule has 1 amide bonds. The standard InChI is InChI=1S/C18H25N5O2/c1-12-17(13(2)25-20-12)16-6-4-8-22(16)18(24)15-10-14-11-21(3)7-5-9-23(14)19-15/h10,16H,4-9,11H2,1-3H3. The number of amides is 1. The normalized spacial score (nSPS) is 21.4. The SMILES string of the molecule is Cc1noc(C)c1C1CCCN1C(=O)c1cc2n(n1)CCCN(C)C2. The molecule has 0 spiro atoms. The van der Waals surface area contributed by atoms with Crippen LogP contribution in [0.1, 0.15) is 58.5 Å². The fourth-order valence-corrected chi connectivity index (χ4v) is 4.15. The Hall–Kier alpha value is -2.15. The monoisotopic (exact) mass is 343 g/mol. The van der Waals surface area contributed by atoms with Gasteiger partial charge >= 0.3 is 0 Å². The molecule has 1 atom stereocenters. The molecule has 1 saturated heterocycles. The summed E-state index contributed by atoms with van der Waals surface area (Å²) in [6.45, 7) is 7.41. The molecular weight excluding hydrogens is 318 g/mol. The van der Waals surface area contributed by atoms with Gasteiger partial charge in [0.2, 0.25) is 0 Å². The molecule has 0 radical (unpaired) electrons. The van der Waals surface area contributed by atoms with Gasteiger partial charge in [0, 0.05) is 31.7 Å². The minimum absolute atomic E-state index is 0.0192. The minimum Gasteiger partial charge on any atom is -0.361 e. The molecule has 0 saturated carbocycles. The summed E-state index contributed by atoms with van der Waals surface area (Å²) in [5.74, 6) is 0.829. The Morgan fingerprint density at radius 2 is 2.08 bits per heavy atom. The molecule has 25 heavy (non-hydrogen) atoms. The lowest BCUT2D eigenvalue weighted by Crippen LogP contribution is -2.31. The first-order chi connectivity index (χ1) is 12.0. The highest BCUT2D eigenvalue weighted by Gasteiger charge is 2.35. The van der Waals surface area contributed by atoms with Crippen molar-refractivity contribution < 1.29 is 9.32 Å². The number of carbonyl (C=O) groups excluding carboxylic acids is 1. The van der Waals surface area contributed by atoms with E-state index in [0.717, 1.165) is 68.2 Å². The second-order valence-corrected chi connectivity index (χ2v) is 7.23. The number of nitrogens with zero attached hydrogens (tertiary/aromatic N) is 5. The molecular formula is C18H25N5O2. The molecule has 7 heteroatoms. The zero-order valence-electron chi connectivity index (χ0n) is 15.2. The summed E-state index contributed by atoms with van der Waals surface area (Å²) in [6, 6.07) is 2.01. The number of fused-ring (bicyclic) bond motifs is 1. The molecule has 7 nitrogen and oxygen atoms in total. The number of aryl methyl sites for hydroxylation is 3. The van der Waals surface area contributed by atoms with Gasteiger partial charge in [0.1, 0.15) is 5.76 Å². The van der Waals surface area contributed by atoms with Crippen LogP contribution in [0.5, 0.6) is 0 Å². The third-order valence-corrected chi connectivity index (χ3v) is 5.36. The lowest BCUT2D eigenvalue weighted by Gasteiger charge is -2.24. The van der Waals surface area contributed by atoms with Gasteiger partial charge in [-0.1, -0.05) is 5.16 Å². The average molecular weight is 343 g/mol. The summed E-state index contributed by atoms with van der Waals surface area (Å²) in [6.07, 6.45) is 3.01. The maximum Gasteiger partial charge on any atom is 0.274 e. The van der Waals surface area contributed by atoms with E-state index in [4.69, 9.17) is 4.52 Å². The van der Waals surface area contributed by atoms with E-state index in [2.05, 4.69) is 22.2 Å². The van der Waals surface area contributed by atoms with Gasteiger partial charge in [0.25, 0.3) is 5.91 Å². The van der Waals surface area contributed by atoms with Crippen LogP contribution in [0, 0.1) is 13.8 Å². The van der Waals surface area contributed by atoms with Crippen molar-refractivity contribution in [2.45, 2.75) is 52.2 Å². The van der Waals surface area contributed by atoms with Crippen LogP contribution in [0.4, 0.5) is 0 Å². The van der Waals surface area contributed by atoms with Crippen molar-refractivity contribution in [3.05, 3.63) is 34.5 Å². The van der Waals surface area contributed by atoms with Gasteiger partial charge in [-0.15, -0.1) is 0 Å². The van der Waals surface area contributed by atoms with Crippen molar-refractivity contribution in [2.24, 2.45) is 0 Å². The van der Waals surface area contributed by atoms with Crippen molar-refractivity contribution in [1.82, 2.24) is 24.7 Å². The maximum absolute atomic E-state index is 13.1. The Morgan fingerprint density at radius 1 is 1.24 bits per heavy atom. The quantitative estimate of drug-likeness (QED) is 0.837. The van der Waals surface area contributed by atoms with Crippen LogP contribution in [0.15, 0.2) is 10.6 Å². The van der Waals surface area contributed by atoms with Crippen LogP contribution in [0.2, 0.25) is 0 Å². The van der Waals surface area contributed by atoms with E-state index in [1.165, 1.54) is 0 Å². The van der Waals surface area contributed by atoms with E-state index < -0.39 is 0 Å². The number of likely N-dealkylation sites (tertiary alicyclic amines) is 1. The largest absolute Gasteiger partial charge is 0.361 e. The Labute approximate surface area is 147 Å². The maximum atomic E-state index is 13.1. The van der Waals surface area contributed by atoms with Crippen LogP contribution in [0.25, 0.3) is 0 Å². The smallest absolute Gasteiger partial charge is 0.274 e. The molecule has 0 bridgehead atoms. The summed E-state index contributed by atoms with van der Waals surface area (Å²) >= 11 is 0. The molecule has 134 valence electrons. The average Bonchev–Trinajstić information content (AvgIpc) is 3.25. The highest BCUT2D eigenvalue weighted by Crippen LogP contribution is 2.36. The van der Waals surface area contributed by atoms with Crippen molar-refractivity contribution in [3.63, 3.8) is 0 Å². The van der Waals surface area contributed by atoms with Crippen LogP contribution < -0.4 is 0 Å². The number of aromatic nitrogens is 3. The predicted molar refractivity (Wildman–Crippen MR) is 92.2 cm³/mol. The van der Waals surface area contributed by atoms with Crippen molar-refractivity contribution in [2.75, 3.05) is 20.1 Å². The van der Waals surface area contributed by atoms with Crippen molar-refractivity contribution >= 4 is 5.91 Å². The highest BCUT2D eigenvalue weighted by atomic mass is 16.5. The molecule has 2 aromatic heterocycles. The molecule has 0 N–H and O–H groups in total. The zero-order valence-corrected chi connectivity index (χ0v) is 15.2. The van der Waals surface area contributed by atoms with Gasteiger partial charge in [-0.2, -0.15) is 5.10 Å². The fraction of sp³-hybridized carbons (Fsp3) is 0.611. The van der Waals surface area contributed by atoms with Gasteiger partial charge in [-0.3, -0.25) is 9.48 Å².